The molecule has 0 saturated heterocycles. The lowest BCUT2D eigenvalue weighted by atomic mass is 10.1. The highest BCUT2D eigenvalue weighted by molar-refractivity contribution is 7.89. The molecule has 3 N–H and O–H groups in total. The molecule has 8 heteroatoms. The van der Waals surface area contributed by atoms with Crippen LogP contribution < -0.4 is 10.5 Å². The van der Waals surface area contributed by atoms with Crippen molar-refractivity contribution in [2.45, 2.75) is 18.2 Å². The number of aryl methyl sites for hydroxylation is 2. The Morgan fingerprint density at radius 2 is 1.95 bits per heavy atom. The number of benzene rings is 1. The van der Waals surface area contributed by atoms with Gasteiger partial charge < -0.3 is 5.32 Å². The zero-order chi connectivity index (χ0) is 16.3. The van der Waals surface area contributed by atoms with Crippen LogP contribution in [-0.4, -0.2) is 30.7 Å². The van der Waals surface area contributed by atoms with Gasteiger partial charge in [-0.25, -0.2) is 13.6 Å². The van der Waals surface area contributed by atoms with Crippen molar-refractivity contribution in [2.75, 3.05) is 6.54 Å². The van der Waals surface area contributed by atoms with E-state index in [-0.39, 0.29) is 10.8 Å². The Balaban J connectivity index is 1.91. The first-order valence-electron chi connectivity index (χ1n) is 6.67. The Kier molecular flexibility index (Phi) is 4.62. The number of primary sulfonamides is 1. The molecule has 0 aliphatic rings. The number of carbonyl (C=O) groups is 1. The molecule has 0 bridgehead atoms. The van der Waals surface area contributed by atoms with E-state index in [9.17, 15) is 13.2 Å². The molecule has 1 aromatic carbocycles. The van der Waals surface area contributed by atoms with E-state index in [2.05, 4.69) is 10.4 Å². The Morgan fingerprint density at radius 1 is 1.32 bits per heavy atom. The van der Waals surface area contributed by atoms with Crippen LogP contribution in [0.25, 0.3) is 0 Å². The van der Waals surface area contributed by atoms with Gasteiger partial charge in [0, 0.05) is 19.8 Å². The molecule has 0 aliphatic carbocycles. The van der Waals surface area contributed by atoms with Crippen LogP contribution in [0.5, 0.6) is 0 Å². The van der Waals surface area contributed by atoms with E-state index in [0.29, 0.717) is 24.2 Å². The first-order valence-corrected chi connectivity index (χ1v) is 8.22. The highest BCUT2D eigenvalue weighted by Gasteiger charge is 2.12. The van der Waals surface area contributed by atoms with E-state index in [4.69, 9.17) is 5.14 Å². The minimum absolute atomic E-state index is 0.0753. The molecule has 2 aromatic rings. The topological polar surface area (TPSA) is 107 Å². The molecule has 118 valence electrons. The molecule has 0 atom stereocenters. The molecule has 1 heterocycles. The molecular weight excluding hydrogens is 304 g/mol. The molecular formula is C14H18N4O3S. The molecule has 1 amide bonds. The largest absolute Gasteiger partial charge is 0.352 e. The third-order valence-corrected chi connectivity index (χ3v) is 4.14. The van der Waals surface area contributed by atoms with E-state index in [1.165, 1.54) is 12.1 Å². The Labute approximate surface area is 129 Å². The lowest BCUT2D eigenvalue weighted by molar-refractivity contribution is 0.0953. The number of nitrogens with two attached hydrogens (primary N) is 1. The summed E-state index contributed by atoms with van der Waals surface area (Å²) in [6.07, 6.45) is 2.27. The van der Waals surface area contributed by atoms with Gasteiger partial charge in [0.15, 0.2) is 0 Å². The van der Waals surface area contributed by atoms with Gasteiger partial charge in [0.2, 0.25) is 10.0 Å². The van der Waals surface area contributed by atoms with Crippen LogP contribution >= 0.6 is 0 Å². The molecule has 0 fully saturated rings. The van der Waals surface area contributed by atoms with Crippen LogP contribution in [0.3, 0.4) is 0 Å². The quantitative estimate of drug-likeness (QED) is 0.828. The summed E-state index contributed by atoms with van der Waals surface area (Å²) in [5.74, 6) is -0.174. The van der Waals surface area contributed by atoms with Crippen molar-refractivity contribution in [1.82, 2.24) is 15.1 Å². The van der Waals surface area contributed by atoms with Crippen molar-refractivity contribution < 1.29 is 13.2 Å². The maximum absolute atomic E-state index is 12.0. The molecule has 0 radical (unpaired) electrons. The molecule has 0 spiro atoms. The van der Waals surface area contributed by atoms with Gasteiger partial charge in [-0.15, -0.1) is 0 Å². The second-order valence-electron chi connectivity index (χ2n) is 5.00. The molecule has 2 rings (SSSR count). The smallest absolute Gasteiger partial charge is 0.254 e. The maximum Gasteiger partial charge on any atom is 0.254 e. The van der Waals surface area contributed by atoms with Crippen LogP contribution in [0.4, 0.5) is 0 Å². The average molecular weight is 322 g/mol. The summed E-state index contributed by atoms with van der Waals surface area (Å²) in [6.45, 7) is 2.22. The van der Waals surface area contributed by atoms with Gasteiger partial charge in [0.1, 0.15) is 0 Å². The van der Waals surface area contributed by atoms with Gasteiger partial charge in [0.05, 0.1) is 16.2 Å². The number of amides is 1. The van der Waals surface area contributed by atoms with Gasteiger partial charge in [-0.2, -0.15) is 5.10 Å². The Morgan fingerprint density at radius 3 is 2.45 bits per heavy atom. The number of nitrogens with one attached hydrogen (secondary N) is 1. The first-order chi connectivity index (χ1) is 10.3. The molecule has 22 heavy (non-hydrogen) atoms. The first kappa shape index (κ1) is 16.2. The fourth-order valence-corrected chi connectivity index (χ4v) is 2.60. The molecule has 0 saturated carbocycles. The third kappa shape index (κ3) is 3.92. The number of hydrogen-bond acceptors (Lipinski definition) is 4. The number of sulfonamides is 1. The number of carbonyl (C=O) groups excluding carboxylic acids is 1. The zero-order valence-corrected chi connectivity index (χ0v) is 13.2. The van der Waals surface area contributed by atoms with Crippen LogP contribution in [-0.2, 0) is 23.5 Å². The normalized spacial score (nSPS) is 11.4. The summed E-state index contributed by atoms with van der Waals surface area (Å²) in [5, 5.41) is 12.0. The van der Waals surface area contributed by atoms with E-state index >= 15 is 0 Å². The second-order valence-corrected chi connectivity index (χ2v) is 6.56. The van der Waals surface area contributed by atoms with Crippen LogP contribution in [0, 0.1) is 6.92 Å². The summed E-state index contributed by atoms with van der Waals surface area (Å²) >= 11 is 0. The number of nitrogens with zero attached hydrogens (tertiary/aromatic N) is 2. The van der Waals surface area contributed by atoms with Gasteiger partial charge in [-0.3, -0.25) is 9.48 Å². The minimum atomic E-state index is -3.67. The Hall–Kier alpha value is -2.19. The zero-order valence-electron chi connectivity index (χ0n) is 12.4. The fourth-order valence-electron chi connectivity index (χ4n) is 2.08. The van der Waals surface area contributed by atoms with Crippen molar-refractivity contribution in [3.05, 3.63) is 47.3 Å². The SMILES string of the molecule is Cc1nn(C)cc1C(=O)NCCc1ccc(S(N)(=O)=O)cc1. The Bertz CT molecular complexity index is 779. The average Bonchev–Trinajstić information content (AvgIpc) is 2.77. The van der Waals surface area contributed by atoms with Gasteiger partial charge >= 0.3 is 0 Å². The molecule has 1 aromatic heterocycles. The highest BCUT2D eigenvalue weighted by atomic mass is 32.2. The van der Waals surface area contributed by atoms with Gasteiger partial charge in [-0.05, 0) is 31.0 Å². The summed E-state index contributed by atoms with van der Waals surface area (Å²) < 4.78 is 23.9. The standard InChI is InChI=1S/C14H18N4O3S/c1-10-13(9-18(2)17-10)14(19)16-8-7-11-3-5-12(6-4-11)22(15,20)21/h3-6,9H,7-8H2,1-2H3,(H,16,19)(H2,15,20,21). The summed E-state index contributed by atoms with van der Waals surface area (Å²) in [7, 11) is -1.91. The number of hydrogen-bond donors (Lipinski definition) is 2. The van der Waals surface area contributed by atoms with E-state index in [1.807, 2.05) is 0 Å². The van der Waals surface area contributed by atoms with Crippen molar-refractivity contribution >= 4 is 15.9 Å². The summed E-state index contributed by atoms with van der Waals surface area (Å²) in [4.78, 5) is 12.1. The summed E-state index contributed by atoms with van der Waals surface area (Å²) in [5.41, 5.74) is 2.14. The predicted molar refractivity (Wildman–Crippen MR) is 81.8 cm³/mol. The lowest BCUT2D eigenvalue weighted by Crippen LogP contribution is -2.26. The highest BCUT2D eigenvalue weighted by Crippen LogP contribution is 2.09. The molecule has 0 aliphatic heterocycles. The predicted octanol–water partition coefficient (Wildman–Crippen LogP) is 0.348. The lowest BCUT2D eigenvalue weighted by Gasteiger charge is -2.05. The van der Waals surface area contributed by atoms with Crippen molar-refractivity contribution in [2.24, 2.45) is 12.2 Å². The van der Waals surface area contributed by atoms with Gasteiger partial charge in [0.25, 0.3) is 5.91 Å². The minimum Gasteiger partial charge on any atom is -0.352 e. The molecule has 7 nitrogen and oxygen atoms in total. The van der Waals surface area contributed by atoms with Crippen LogP contribution in [0.2, 0.25) is 0 Å². The maximum atomic E-state index is 12.0. The van der Waals surface area contributed by atoms with E-state index in [0.717, 1.165) is 5.56 Å². The van der Waals surface area contributed by atoms with E-state index < -0.39 is 10.0 Å². The van der Waals surface area contributed by atoms with Crippen LogP contribution in [0.1, 0.15) is 21.6 Å². The van der Waals surface area contributed by atoms with Crippen molar-refractivity contribution in [3.8, 4) is 0 Å². The van der Waals surface area contributed by atoms with Crippen molar-refractivity contribution in [1.29, 1.82) is 0 Å². The second kappa shape index (κ2) is 6.29. The fraction of sp³-hybridized carbons (Fsp3) is 0.286. The number of aromatic nitrogens is 2. The van der Waals surface area contributed by atoms with Gasteiger partial charge in [-0.1, -0.05) is 12.1 Å². The summed E-state index contributed by atoms with van der Waals surface area (Å²) in [6, 6.07) is 6.28. The van der Waals surface area contributed by atoms with Crippen molar-refractivity contribution in [3.63, 3.8) is 0 Å². The third-order valence-electron chi connectivity index (χ3n) is 3.21. The molecule has 0 unspecified atom stereocenters. The van der Waals surface area contributed by atoms with E-state index in [1.54, 1.807) is 37.0 Å². The monoisotopic (exact) mass is 322 g/mol. The van der Waals surface area contributed by atoms with Crippen LogP contribution in [0.15, 0.2) is 35.4 Å². The number of rotatable bonds is 5.